The van der Waals surface area contributed by atoms with Gasteiger partial charge in [-0.2, -0.15) is 4.31 Å². The van der Waals surface area contributed by atoms with Crippen molar-refractivity contribution in [3.63, 3.8) is 0 Å². The maximum atomic E-state index is 13.1. The van der Waals surface area contributed by atoms with E-state index in [1.165, 1.54) is 52.8 Å². The number of sulfonamides is 1. The van der Waals surface area contributed by atoms with Gasteiger partial charge in [0.05, 0.1) is 6.04 Å². The van der Waals surface area contributed by atoms with E-state index in [0.717, 1.165) is 4.31 Å². The maximum absolute atomic E-state index is 13.1. The Hall–Kier alpha value is -3.58. The third-order valence-electron chi connectivity index (χ3n) is 5.74. The Balaban J connectivity index is 1.67. The zero-order valence-corrected chi connectivity index (χ0v) is 19.3. The molecule has 0 bridgehead atoms. The van der Waals surface area contributed by atoms with Crippen molar-refractivity contribution in [2.45, 2.75) is 37.1 Å². The van der Waals surface area contributed by atoms with Crippen LogP contribution in [0.4, 0.5) is 4.39 Å². The van der Waals surface area contributed by atoms with E-state index in [-0.39, 0.29) is 24.1 Å². The van der Waals surface area contributed by atoms with E-state index in [9.17, 15) is 27.5 Å². The summed E-state index contributed by atoms with van der Waals surface area (Å²) in [5, 5.41) is 12.7. The molecule has 0 aliphatic carbocycles. The molecule has 0 fully saturated rings. The van der Waals surface area contributed by atoms with Gasteiger partial charge in [0.2, 0.25) is 10.9 Å². The summed E-state index contributed by atoms with van der Waals surface area (Å²) in [5.41, 5.74) is -0.736. The van der Waals surface area contributed by atoms with E-state index >= 15 is 0 Å². The molecule has 11 nitrogen and oxygen atoms in total. The molecule has 1 aliphatic heterocycles. The number of carbonyl (C=O) groups excluding carboxylic acids is 1. The molecule has 1 aliphatic rings. The molecule has 2 aromatic heterocycles. The molecule has 3 heterocycles. The number of halogens is 1. The number of aryl methyl sites for hydroxylation is 1. The third kappa shape index (κ3) is 4.19. The Kier molecular flexibility index (Phi) is 6.23. The molecule has 13 heteroatoms. The van der Waals surface area contributed by atoms with E-state index in [2.05, 4.69) is 15.3 Å². The van der Waals surface area contributed by atoms with Crippen molar-refractivity contribution in [3.8, 4) is 5.75 Å². The number of benzene rings is 1. The van der Waals surface area contributed by atoms with Crippen LogP contribution in [0.3, 0.4) is 0 Å². The van der Waals surface area contributed by atoms with Crippen molar-refractivity contribution in [1.29, 1.82) is 0 Å². The van der Waals surface area contributed by atoms with Gasteiger partial charge in [-0.1, -0.05) is 12.1 Å². The Labute approximate surface area is 194 Å². The topological polar surface area (TPSA) is 139 Å². The summed E-state index contributed by atoms with van der Waals surface area (Å²) in [5.74, 6) is -2.01. The molecule has 1 atom stereocenters. The maximum Gasteiger partial charge on any atom is 0.296 e. The number of carbonyl (C=O) groups is 1. The molecule has 4 rings (SSSR count). The number of aromatic nitrogens is 4. The molecule has 2 N–H and O–H groups in total. The van der Waals surface area contributed by atoms with E-state index in [4.69, 9.17) is 0 Å². The van der Waals surface area contributed by atoms with Crippen LogP contribution >= 0.6 is 0 Å². The van der Waals surface area contributed by atoms with Gasteiger partial charge in [-0.25, -0.2) is 22.8 Å². The van der Waals surface area contributed by atoms with Gasteiger partial charge in [0.25, 0.3) is 21.5 Å². The number of aromatic hydroxyl groups is 1. The smallest absolute Gasteiger partial charge is 0.296 e. The number of hydrogen-bond acceptors (Lipinski definition) is 7. The Bertz CT molecular complexity index is 1400. The fourth-order valence-electron chi connectivity index (χ4n) is 3.87. The van der Waals surface area contributed by atoms with E-state index < -0.39 is 44.8 Å². The Morgan fingerprint density at radius 1 is 1.32 bits per heavy atom. The zero-order valence-electron chi connectivity index (χ0n) is 18.5. The molecular weight excluding hydrogens is 467 g/mol. The van der Waals surface area contributed by atoms with Crippen molar-refractivity contribution in [1.82, 2.24) is 28.7 Å². The molecule has 0 radical (unpaired) electrons. The van der Waals surface area contributed by atoms with Crippen LogP contribution in [0.1, 0.15) is 40.8 Å². The lowest BCUT2D eigenvalue weighted by atomic mass is 10.1. The molecule has 0 saturated heterocycles. The molecule has 0 spiro atoms. The highest BCUT2D eigenvalue weighted by atomic mass is 32.2. The van der Waals surface area contributed by atoms with Crippen molar-refractivity contribution < 1.29 is 22.7 Å². The van der Waals surface area contributed by atoms with E-state index in [1.54, 1.807) is 7.05 Å². The number of fused-ring (bicyclic) bond motifs is 1. The van der Waals surface area contributed by atoms with Crippen molar-refractivity contribution in [3.05, 3.63) is 69.9 Å². The summed E-state index contributed by atoms with van der Waals surface area (Å²) >= 11 is 0. The normalized spacial score (nSPS) is 15.8. The standard InChI is InChI=1S/C21H23FN6O5S/c1-26-11-9-23-21(26)34(32,33)27(2)15-4-3-10-28-18(15)25-16(17(29)20(28)31)19(30)24-12-13-5-7-14(22)8-6-13/h5-9,11,15,29H,3-4,10,12H2,1-2H3,(H,24,30). The Morgan fingerprint density at radius 2 is 2.03 bits per heavy atom. The lowest BCUT2D eigenvalue weighted by molar-refractivity contribution is 0.0940. The average molecular weight is 491 g/mol. The number of nitrogens with one attached hydrogen (secondary N) is 1. The number of hydrogen-bond donors (Lipinski definition) is 2. The van der Waals surface area contributed by atoms with Gasteiger partial charge >= 0.3 is 0 Å². The molecule has 3 aromatic rings. The van der Waals surface area contributed by atoms with E-state index in [1.807, 2.05) is 0 Å². The van der Waals surface area contributed by atoms with Crippen LogP contribution in [0, 0.1) is 5.82 Å². The molecule has 0 saturated carbocycles. The molecule has 1 unspecified atom stereocenters. The van der Waals surface area contributed by atoms with Gasteiger partial charge in [0.15, 0.2) is 5.69 Å². The summed E-state index contributed by atoms with van der Waals surface area (Å²) in [7, 11) is -1.13. The van der Waals surface area contributed by atoms with Crippen molar-refractivity contribution in [2.75, 3.05) is 7.05 Å². The molecule has 1 amide bonds. The second kappa shape index (κ2) is 8.99. The van der Waals surface area contributed by atoms with Gasteiger partial charge < -0.3 is 15.0 Å². The van der Waals surface area contributed by atoms with Gasteiger partial charge in [-0.15, -0.1) is 0 Å². The second-order valence-corrected chi connectivity index (χ2v) is 9.82. The second-order valence-electron chi connectivity index (χ2n) is 7.93. The largest absolute Gasteiger partial charge is 0.501 e. The SMILES string of the molecule is CN(C1CCCn2c1nc(C(=O)NCc1ccc(F)cc1)c(O)c2=O)S(=O)(=O)c1nccn1C. The van der Waals surface area contributed by atoms with Crippen molar-refractivity contribution >= 4 is 15.9 Å². The Morgan fingerprint density at radius 3 is 2.68 bits per heavy atom. The van der Waals surface area contributed by atoms with Gasteiger partial charge in [-0.05, 0) is 30.5 Å². The number of amides is 1. The quantitative estimate of drug-likeness (QED) is 0.523. The molecule has 180 valence electrons. The lowest BCUT2D eigenvalue weighted by Gasteiger charge is -2.32. The van der Waals surface area contributed by atoms with Crippen LogP contribution < -0.4 is 10.9 Å². The van der Waals surface area contributed by atoms with Crippen LogP contribution in [-0.4, -0.2) is 49.9 Å². The predicted octanol–water partition coefficient (Wildman–Crippen LogP) is 0.907. The third-order valence-corrected chi connectivity index (χ3v) is 7.61. The van der Waals surface area contributed by atoms with Gasteiger partial charge in [0, 0.05) is 39.6 Å². The first-order valence-electron chi connectivity index (χ1n) is 10.4. The summed E-state index contributed by atoms with van der Waals surface area (Å²) in [6, 6.07) is 4.60. The van der Waals surface area contributed by atoms with Crippen LogP contribution in [0.5, 0.6) is 5.75 Å². The predicted molar refractivity (Wildman–Crippen MR) is 118 cm³/mol. The minimum Gasteiger partial charge on any atom is -0.501 e. The zero-order chi connectivity index (χ0) is 24.6. The summed E-state index contributed by atoms with van der Waals surface area (Å²) in [4.78, 5) is 33.7. The fraction of sp³-hybridized carbons (Fsp3) is 0.333. The van der Waals surface area contributed by atoms with Crippen molar-refractivity contribution in [2.24, 2.45) is 7.05 Å². The lowest BCUT2D eigenvalue weighted by Crippen LogP contribution is -2.41. The minimum atomic E-state index is -4.04. The first-order chi connectivity index (χ1) is 16.1. The average Bonchev–Trinajstić information content (AvgIpc) is 3.26. The van der Waals surface area contributed by atoms with E-state index in [0.29, 0.717) is 18.4 Å². The van der Waals surface area contributed by atoms with Crippen LogP contribution in [0.25, 0.3) is 0 Å². The first-order valence-corrected chi connectivity index (χ1v) is 11.9. The summed E-state index contributed by atoms with van der Waals surface area (Å²) in [6.45, 7) is 0.231. The molecule has 1 aromatic carbocycles. The van der Waals surface area contributed by atoms with Crippen LogP contribution in [0.15, 0.2) is 46.6 Å². The molecule has 34 heavy (non-hydrogen) atoms. The van der Waals surface area contributed by atoms with Crippen LogP contribution in [0.2, 0.25) is 0 Å². The monoisotopic (exact) mass is 490 g/mol. The highest BCUT2D eigenvalue weighted by Crippen LogP contribution is 2.32. The van der Waals surface area contributed by atoms with Gasteiger partial charge in [-0.3, -0.25) is 14.2 Å². The highest BCUT2D eigenvalue weighted by Gasteiger charge is 2.37. The minimum absolute atomic E-state index is 0.00945. The first kappa shape index (κ1) is 23.6. The summed E-state index contributed by atoms with van der Waals surface area (Å²) < 4.78 is 43.0. The van der Waals surface area contributed by atoms with Crippen LogP contribution in [-0.2, 0) is 30.2 Å². The number of nitrogens with zero attached hydrogens (tertiary/aromatic N) is 5. The highest BCUT2D eigenvalue weighted by molar-refractivity contribution is 7.88. The number of rotatable bonds is 6. The summed E-state index contributed by atoms with van der Waals surface area (Å²) in [6.07, 6.45) is 3.68. The fourth-order valence-corrected chi connectivity index (χ4v) is 5.28. The number of imidazole rings is 1. The van der Waals surface area contributed by atoms with Gasteiger partial charge in [0.1, 0.15) is 11.6 Å². The molecular formula is C21H23FN6O5S.